The first-order chi connectivity index (χ1) is 16.0. The molecule has 7 nitrogen and oxygen atoms in total. The largest absolute Gasteiger partial charge is 0.332 e. The fourth-order valence-electron chi connectivity index (χ4n) is 4.28. The van der Waals surface area contributed by atoms with Crippen LogP contribution in [-0.4, -0.2) is 25.2 Å². The summed E-state index contributed by atoms with van der Waals surface area (Å²) in [5, 5.41) is 0.681. The van der Waals surface area contributed by atoms with Crippen LogP contribution in [0.2, 0.25) is 5.02 Å². The number of rotatable bonds is 4. The number of benzene rings is 2. The quantitative estimate of drug-likeness (QED) is 0.458. The molecule has 0 spiro atoms. The molecule has 0 unspecified atom stereocenters. The van der Waals surface area contributed by atoms with Gasteiger partial charge in [0.05, 0.1) is 0 Å². The van der Waals surface area contributed by atoms with Gasteiger partial charge in [-0.25, -0.2) is 4.79 Å². The van der Waals surface area contributed by atoms with Crippen molar-refractivity contribution in [1.82, 2.24) is 18.7 Å². The van der Waals surface area contributed by atoms with E-state index in [2.05, 4.69) is 4.90 Å². The van der Waals surface area contributed by atoms with Gasteiger partial charge < -0.3 is 9.47 Å². The van der Waals surface area contributed by atoms with Gasteiger partial charge in [-0.1, -0.05) is 60.2 Å². The van der Waals surface area contributed by atoms with Gasteiger partial charge in [-0.15, -0.1) is 0 Å². The molecule has 1 aliphatic heterocycles. The van der Waals surface area contributed by atoms with E-state index >= 15 is 0 Å². The van der Waals surface area contributed by atoms with Gasteiger partial charge in [0, 0.05) is 37.4 Å². The van der Waals surface area contributed by atoms with Crippen molar-refractivity contribution in [2.75, 3.05) is 11.4 Å². The van der Waals surface area contributed by atoms with Crippen LogP contribution in [-0.2, 0) is 20.1 Å². The van der Waals surface area contributed by atoms with Crippen LogP contribution in [0.5, 0.6) is 0 Å². The zero-order valence-electron chi connectivity index (χ0n) is 18.5. The zero-order valence-corrected chi connectivity index (χ0v) is 19.3. The Morgan fingerprint density at radius 2 is 1.88 bits per heavy atom. The van der Waals surface area contributed by atoms with E-state index in [9.17, 15) is 9.59 Å². The van der Waals surface area contributed by atoms with Crippen LogP contribution in [0, 0.1) is 6.92 Å². The summed E-state index contributed by atoms with van der Waals surface area (Å²) in [6.45, 7) is 3.57. The Bertz CT molecular complexity index is 1500. The Labute approximate surface area is 195 Å². The molecule has 3 heterocycles. The van der Waals surface area contributed by atoms with Gasteiger partial charge in [-0.05, 0) is 36.6 Å². The molecule has 4 aromatic rings. The van der Waals surface area contributed by atoms with Crippen molar-refractivity contribution < 1.29 is 0 Å². The number of aromatic nitrogens is 4. The van der Waals surface area contributed by atoms with E-state index in [0.29, 0.717) is 28.7 Å². The summed E-state index contributed by atoms with van der Waals surface area (Å²) in [7, 11) is 1.66. The summed E-state index contributed by atoms with van der Waals surface area (Å²) in [6, 6.07) is 15.7. The summed E-state index contributed by atoms with van der Waals surface area (Å²) < 4.78 is 4.64. The first-order valence-electron chi connectivity index (χ1n) is 10.9. The van der Waals surface area contributed by atoms with Crippen LogP contribution in [0.25, 0.3) is 17.2 Å². The fourth-order valence-corrected chi connectivity index (χ4v) is 4.45. The number of fused-ring (bicyclic) bond motifs is 3. The number of allylic oxidation sites excluding steroid dienone is 1. The van der Waals surface area contributed by atoms with Gasteiger partial charge in [0.2, 0.25) is 5.95 Å². The monoisotopic (exact) mass is 461 g/mol. The van der Waals surface area contributed by atoms with E-state index < -0.39 is 0 Å². The molecule has 0 saturated heterocycles. The van der Waals surface area contributed by atoms with E-state index in [4.69, 9.17) is 16.6 Å². The van der Waals surface area contributed by atoms with Crippen molar-refractivity contribution in [3.8, 4) is 0 Å². The second kappa shape index (κ2) is 8.41. The molecule has 0 amide bonds. The molecule has 168 valence electrons. The van der Waals surface area contributed by atoms with Gasteiger partial charge >= 0.3 is 5.69 Å². The minimum absolute atomic E-state index is 0.189. The van der Waals surface area contributed by atoms with Crippen molar-refractivity contribution in [2.45, 2.75) is 26.4 Å². The number of nitrogens with zero attached hydrogens (tertiary/aromatic N) is 5. The Morgan fingerprint density at radius 3 is 2.64 bits per heavy atom. The Balaban J connectivity index is 1.61. The van der Waals surface area contributed by atoms with Crippen molar-refractivity contribution in [3.63, 3.8) is 0 Å². The molecule has 33 heavy (non-hydrogen) atoms. The molecule has 0 atom stereocenters. The third kappa shape index (κ3) is 3.68. The molecule has 0 aliphatic carbocycles. The van der Waals surface area contributed by atoms with Crippen LogP contribution in [0.15, 0.2) is 64.2 Å². The molecule has 8 heteroatoms. The van der Waals surface area contributed by atoms with Gasteiger partial charge in [0.25, 0.3) is 5.56 Å². The van der Waals surface area contributed by atoms with Crippen LogP contribution in [0.1, 0.15) is 17.5 Å². The molecule has 0 fully saturated rings. The average Bonchev–Trinajstić information content (AvgIpc) is 3.22. The molecule has 2 aromatic heterocycles. The van der Waals surface area contributed by atoms with Gasteiger partial charge in [-0.3, -0.25) is 13.9 Å². The van der Waals surface area contributed by atoms with Crippen molar-refractivity contribution >= 4 is 40.5 Å². The minimum Gasteiger partial charge on any atom is -0.312 e. The van der Waals surface area contributed by atoms with E-state index in [1.54, 1.807) is 7.05 Å². The summed E-state index contributed by atoms with van der Waals surface area (Å²) >= 11 is 6.36. The fraction of sp³-hybridized carbons (Fsp3) is 0.240. The number of aryl methyl sites for hydroxylation is 3. The van der Waals surface area contributed by atoms with Crippen LogP contribution < -0.4 is 16.1 Å². The van der Waals surface area contributed by atoms with Gasteiger partial charge in [0.1, 0.15) is 0 Å². The number of hydrogen-bond acceptors (Lipinski definition) is 4. The molecule has 0 saturated carbocycles. The summed E-state index contributed by atoms with van der Waals surface area (Å²) in [4.78, 5) is 33.2. The smallest absolute Gasteiger partial charge is 0.312 e. The number of hydrogen-bond donors (Lipinski definition) is 0. The highest BCUT2D eigenvalue weighted by molar-refractivity contribution is 6.31. The first-order valence-corrected chi connectivity index (χ1v) is 11.3. The van der Waals surface area contributed by atoms with E-state index in [0.717, 1.165) is 29.8 Å². The highest BCUT2D eigenvalue weighted by Gasteiger charge is 2.27. The predicted octanol–water partition coefficient (Wildman–Crippen LogP) is 4.11. The van der Waals surface area contributed by atoms with E-state index in [1.807, 2.05) is 72.2 Å². The highest BCUT2D eigenvalue weighted by Crippen LogP contribution is 2.33. The Morgan fingerprint density at radius 1 is 1.09 bits per heavy atom. The standard InChI is InChI=1S/C25H24ClN5O2/c1-17-11-12-19(16-20(17)26)29-14-7-15-30-21-22(27-24(29)30)28(2)25(33)31(23(21)32)13-6-10-18-8-4-3-5-9-18/h3-6,8-12,16H,7,13-15H2,1-2H3/b10-6+. The molecular formula is C25H24ClN5O2. The molecule has 0 bridgehead atoms. The molecule has 1 aliphatic rings. The summed E-state index contributed by atoms with van der Waals surface area (Å²) in [6.07, 6.45) is 4.59. The van der Waals surface area contributed by atoms with E-state index in [-0.39, 0.29) is 17.8 Å². The number of halogens is 1. The lowest BCUT2D eigenvalue weighted by Gasteiger charge is -2.29. The lowest BCUT2D eigenvalue weighted by Crippen LogP contribution is -2.39. The lowest BCUT2D eigenvalue weighted by atomic mass is 10.2. The Kier molecular flexibility index (Phi) is 5.42. The van der Waals surface area contributed by atoms with Crippen LogP contribution in [0.4, 0.5) is 11.6 Å². The summed E-state index contributed by atoms with van der Waals surface area (Å²) in [5.74, 6) is 0.654. The second-order valence-electron chi connectivity index (χ2n) is 8.24. The molecule has 0 N–H and O–H groups in total. The highest BCUT2D eigenvalue weighted by atomic mass is 35.5. The normalized spacial score (nSPS) is 13.7. The average molecular weight is 462 g/mol. The molecule has 5 rings (SSSR count). The van der Waals surface area contributed by atoms with Crippen molar-refractivity contribution in [3.05, 3.63) is 91.6 Å². The van der Waals surface area contributed by atoms with Gasteiger partial charge in [0.15, 0.2) is 11.2 Å². The first kappa shape index (κ1) is 21.3. The molecule has 2 aromatic carbocycles. The molecule has 0 radical (unpaired) electrons. The number of imidazole rings is 1. The van der Waals surface area contributed by atoms with Crippen molar-refractivity contribution in [2.24, 2.45) is 7.05 Å². The van der Waals surface area contributed by atoms with Gasteiger partial charge in [-0.2, -0.15) is 4.98 Å². The zero-order chi connectivity index (χ0) is 23.1. The number of anilines is 2. The topological polar surface area (TPSA) is 65.1 Å². The predicted molar refractivity (Wildman–Crippen MR) is 133 cm³/mol. The molecular weight excluding hydrogens is 438 g/mol. The van der Waals surface area contributed by atoms with Crippen LogP contribution >= 0.6 is 11.6 Å². The van der Waals surface area contributed by atoms with Crippen LogP contribution in [0.3, 0.4) is 0 Å². The Hall–Kier alpha value is -3.58. The third-order valence-corrected chi connectivity index (χ3v) is 6.49. The third-order valence-electron chi connectivity index (χ3n) is 6.08. The van der Waals surface area contributed by atoms with E-state index in [1.165, 1.54) is 9.13 Å². The second-order valence-corrected chi connectivity index (χ2v) is 8.65. The van der Waals surface area contributed by atoms with Crippen molar-refractivity contribution in [1.29, 1.82) is 0 Å². The minimum atomic E-state index is -0.384. The maximum Gasteiger partial charge on any atom is 0.332 e. The maximum absolute atomic E-state index is 13.4. The lowest BCUT2D eigenvalue weighted by molar-refractivity contribution is 0.598. The SMILES string of the molecule is Cc1ccc(N2CCCn3c2nc2c3c(=O)n(C/C=C/c3ccccc3)c(=O)n2C)cc1Cl. The maximum atomic E-state index is 13.4. The summed E-state index contributed by atoms with van der Waals surface area (Å²) in [5.41, 5.74) is 3.06.